The minimum Gasteiger partial charge on any atom is -0.497 e. The van der Waals surface area contributed by atoms with E-state index in [1.165, 1.54) is 11.3 Å². The van der Waals surface area contributed by atoms with E-state index < -0.39 is 0 Å². The van der Waals surface area contributed by atoms with Crippen LogP contribution in [0.25, 0.3) is 0 Å². The zero-order valence-electron chi connectivity index (χ0n) is 13.3. The first-order valence-electron chi connectivity index (χ1n) is 7.27. The Morgan fingerprint density at radius 2 is 2.10 bits per heavy atom. The SMILES string of the molecule is COc1cccc(CCNCc2nc(C(C)(C)C)cs2)c1. The van der Waals surface area contributed by atoms with Crippen molar-refractivity contribution >= 4 is 11.3 Å². The van der Waals surface area contributed by atoms with Gasteiger partial charge in [-0.2, -0.15) is 0 Å². The third kappa shape index (κ3) is 4.83. The van der Waals surface area contributed by atoms with E-state index >= 15 is 0 Å². The molecule has 114 valence electrons. The molecule has 3 nitrogen and oxygen atoms in total. The highest BCUT2D eigenvalue weighted by molar-refractivity contribution is 7.09. The van der Waals surface area contributed by atoms with Gasteiger partial charge in [0.25, 0.3) is 0 Å². The molecule has 0 amide bonds. The highest BCUT2D eigenvalue weighted by atomic mass is 32.1. The standard InChI is InChI=1S/C17H24N2OS/c1-17(2,3)15-12-21-16(19-15)11-18-9-8-13-6-5-7-14(10-13)20-4/h5-7,10,12,18H,8-9,11H2,1-4H3. The Balaban J connectivity index is 1.78. The number of ether oxygens (including phenoxy) is 1. The van der Waals surface area contributed by atoms with Crippen LogP contribution >= 0.6 is 11.3 Å². The summed E-state index contributed by atoms with van der Waals surface area (Å²) in [5.74, 6) is 0.919. The van der Waals surface area contributed by atoms with Crippen molar-refractivity contribution in [3.8, 4) is 5.75 Å². The second-order valence-electron chi connectivity index (χ2n) is 6.15. The average Bonchev–Trinajstić information content (AvgIpc) is 2.93. The molecule has 0 unspecified atom stereocenters. The maximum absolute atomic E-state index is 5.24. The van der Waals surface area contributed by atoms with Gasteiger partial charge in [0.2, 0.25) is 0 Å². The van der Waals surface area contributed by atoms with Crippen molar-refractivity contribution in [2.45, 2.75) is 39.2 Å². The fraction of sp³-hybridized carbons (Fsp3) is 0.471. The highest BCUT2D eigenvalue weighted by Crippen LogP contribution is 2.23. The molecule has 0 bridgehead atoms. The summed E-state index contributed by atoms with van der Waals surface area (Å²) in [6.45, 7) is 8.37. The van der Waals surface area contributed by atoms with Crippen molar-refractivity contribution in [2.75, 3.05) is 13.7 Å². The molecule has 1 heterocycles. The molecule has 0 radical (unpaired) electrons. The zero-order chi connectivity index (χ0) is 15.3. The Morgan fingerprint density at radius 1 is 1.29 bits per heavy atom. The van der Waals surface area contributed by atoms with E-state index in [0.717, 1.165) is 30.3 Å². The number of hydrogen-bond acceptors (Lipinski definition) is 4. The van der Waals surface area contributed by atoms with Gasteiger partial charge in [-0.25, -0.2) is 4.98 Å². The van der Waals surface area contributed by atoms with E-state index in [4.69, 9.17) is 4.74 Å². The molecule has 0 fully saturated rings. The molecule has 0 atom stereocenters. The summed E-state index contributed by atoms with van der Waals surface area (Å²) in [7, 11) is 1.70. The van der Waals surface area contributed by atoms with Crippen LogP contribution in [0.5, 0.6) is 5.75 Å². The van der Waals surface area contributed by atoms with Gasteiger partial charge in [-0.05, 0) is 30.7 Å². The number of benzene rings is 1. The number of nitrogens with zero attached hydrogens (tertiary/aromatic N) is 1. The van der Waals surface area contributed by atoms with Gasteiger partial charge < -0.3 is 10.1 Å². The summed E-state index contributed by atoms with van der Waals surface area (Å²) < 4.78 is 5.24. The number of aromatic nitrogens is 1. The predicted molar refractivity (Wildman–Crippen MR) is 89.2 cm³/mol. The molecule has 21 heavy (non-hydrogen) atoms. The van der Waals surface area contributed by atoms with Gasteiger partial charge in [0.05, 0.1) is 12.8 Å². The largest absolute Gasteiger partial charge is 0.497 e. The molecule has 0 aliphatic rings. The van der Waals surface area contributed by atoms with E-state index in [9.17, 15) is 0 Å². The van der Waals surface area contributed by atoms with Crippen molar-refractivity contribution < 1.29 is 4.74 Å². The molecule has 1 N–H and O–H groups in total. The van der Waals surface area contributed by atoms with Gasteiger partial charge >= 0.3 is 0 Å². The van der Waals surface area contributed by atoms with Gasteiger partial charge in [0, 0.05) is 17.3 Å². The van der Waals surface area contributed by atoms with Crippen LogP contribution in [-0.4, -0.2) is 18.6 Å². The zero-order valence-corrected chi connectivity index (χ0v) is 14.1. The molecule has 0 aliphatic carbocycles. The Labute approximate surface area is 131 Å². The van der Waals surface area contributed by atoms with E-state index in [2.05, 4.69) is 48.6 Å². The maximum atomic E-state index is 5.24. The van der Waals surface area contributed by atoms with Crippen LogP contribution in [0.1, 0.15) is 37.0 Å². The lowest BCUT2D eigenvalue weighted by molar-refractivity contribution is 0.414. The lowest BCUT2D eigenvalue weighted by Crippen LogP contribution is -2.17. The van der Waals surface area contributed by atoms with Crippen molar-refractivity contribution in [3.63, 3.8) is 0 Å². The Kier molecular flexibility index (Phi) is 5.37. The quantitative estimate of drug-likeness (QED) is 0.825. The molecule has 2 aromatic rings. The van der Waals surface area contributed by atoms with Crippen LogP contribution in [0.15, 0.2) is 29.6 Å². The number of nitrogens with one attached hydrogen (secondary N) is 1. The molecular formula is C17H24N2OS. The van der Waals surface area contributed by atoms with Crippen LogP contribution in [-0.2, 0) is 18.4 Å². The Bertz CT molecular complexity index is 572. The molecule has 0 aliphatic heterocycles. The van der Waals surface area contributed by atoms with E-state index in [1.807, 2.05) is 12.1 Å². The molecule has 4 heteroatoms. The second kappa shape index (κ2) is 7.05. The molecule has 1 aromatic heterocycles. The Morgan fingerprint density at radius 3 is 2.76 bits per heavy atom. The molecule has 1 aromatic carbocycles. The maximum Gasteiger partial charge on any atom is 0.119 e. The summed E-state index contributed by atoms with van der Waals surface area (Å²) in [6.07, 6.45) is 0.995. The van der Waals surface area contributed by atoms with Gasteiger partial charge in [-0.3, -0.25) is 0 Å². The van der Waals surface area contributed by atoms with E-state index in [1.54, 1.807) is 18.4 Å². The van der Waals surface area contributed by atoms with Gasteiger partial charge in [0.1, 0.15) is 10.8 Å². The molecule has 2 rings (SSSR count). The summed E-state index contributed by atoms with van der Waals surface area (Å²) in [4.78, 5) is 4.69. The molecule has 0 saturated heterocycles. The third-order valence-electron chi connectivity index (χ3n) is 3.32. The van der Waals surface area contributed by atoms with Crippen LogP contribution in [0, 0.1) is 0 Å². The van der Waals surface area contributed by atoms with E-state index in [-0.39, 0.29) is 5.41 Å². The first-order chi connectivity index (χ1) is 9.99. The second-order valence-corrected chi connectivity index (χ2v) is 7.10. The van der Waals surface area contributed by atoms with E-state index in [0.29, 0.717) is 0 Å². The third-order valence-corrected chi connectivity index (χ3v) is 4.17. The topological polar surface area (TPSA) is 34.1 Å². The minimum atomic E-state index is 0.134. The van der Waals surface area contributed by atoms with Gasteiger partial charge in [-0.15, -0.1) is 11.3 Å². The minimum absolute atomic E-state index is 0.134. The normalized spacial score (nSPS) is 11.6. The summed E-state index contributed by atoms with van der Waals surface area (Å²) in [5, 5.41) is 6.78. The molecular weight excluding hydrogens is 280 g/mol. The monoisotopic (exact) mass is 304 g/mol. The highest BCUT2D eigenvalue weighted by Gasteiger charge is 2.17. The summed E-state index contributed by atoms with van der Waals surface area (Å²) in [6, 6.07) is 8.22. The smallest absolute Gasteiger partial charge is 0.119 e. The Hall–Kier alpha value is -1.39. The van der Waals surface area contributed by atoms with Crippen molar-refractivity contribution in [1.29, 1.82) is 0 Å². The fourth-order valence-electron chi connectivity index (χ4n) is 1.99. The lowest BCUT2D eigenvalue weighted by Gasteiger charge is -2.14. The van der Waals surface area contributed by atoms with Crippen molar-refractivity contribution in [1.82, 2.24) is 10.3 Å². The van der Waals surface area contributed by atoms with Gasteiger partial charge in [0.15, 0.2) is 0 Å². The van der Waals surface area contributed by atoms with Crippen LogP contribution in [0.2, 0.25) is 0 Å². The predicted octanol–water partition coefficient (Wildman–Crippen LogP) is 3.78. The van der Waals surface area contributed by atoms with Gasteiger partial charge in [-0.1, -0.05) is 32.9 Å². The molecule has 0 saturated carbocycles. The van der Waals surface area contributed by atoms with Crippen LogP contribution in [0.4, 0.5) is 0 Å². The first-order valence-corrected chi connectivity index (χ1v) is 8.15. The molecule has 0 spiro atoms. The number of methoxy groups -OCH3 is 1. The number of rotatable bonds is 6. The van der Waals surface area contributed by atoms with Crippen LogP contribution in [0.3, 0.4) is 0 Å². The fourth-order valence-corrected chi connectivity index (χ4v) is 2.98. The summed E-state index contributed by atoms with van der Waals surface area (Å²) in [5.41, 5.74) is 2.60. The number of hydrogen-bond donors (Lipinski definition) is 1. The number of thiazole rings is 1. The summed E-state index contributed by atoms with van der Waals surface area (Å²) >= 11 is 1.74. The van der Waals surface area contributed by atoms with Crippen LogP contribution < -0.4 is 10.1 Å². The van der Waals surface area contributed by atoms with Crippen molar-refractivity contribution in [3.05, 3.63) is 45.9 Å². The first kappa shape index (κ1) is 16.0. The van der Waals surface area contributed by atoms with Crippen molar-refractivity contribution in [2.24, 2.45) is 0 Å². The average molecular weight is 304 g/mol. The lowest BCUT2D eigenvalue weighted by atomic mass is 9.93.